The maximum absolute atomic E-state index is 5.64. The van der Waals surface area contributed by atoms with Crippen molar-refractivity contribution in [2.45, 2.75) is 26.1 Å². The van der Waals surface area contributed by atoms with E-state index in [1.54, 1.807) is 0 Å². The summed E-state index contributed by atoms with van der Waals surface area (Å²) >= 11 is 0. The molecule has 0 atom stereocenters. The van der Waals surface area contributed by atoms with Crippen molar-refractivity contribution in [2.75, 3.05) is 26.4 Å². The van der Waals surface area contributed by atoms with E-state index >= 15 is 0 Å². The highest BCUT2D eigenvalue weighted by atomic mass is 16.7. The fraction of sp³-hybridized carbons (Fsp3) is 1.00. The second-order valence-corrected chi connectivity index (χ2v) is 3.99. The molecule has 0 aromatic carbocycles. The summed E-state index contributed by atoms with van der Waals surface area (Å²) < 4.78 is 16.4. The van der Waals surface area contributed by atoms with Crippen LogP contribution >= 0.6 is 0 Å². The Balaban J connectivity index is 1.69. The molecule has 0 unspecified atom stereocenters. The van der Waals surface area contributed by atoms with Gasteiger partial charge in [-0.2, -0.15) is 0 Å². The van der Waals surface area contributed by atoms with Gasteiger partial charge in [0.25, 0.3) is 0 Å². The summed E-state index contributed by atoms with van der Waals surface area (Å²) in [6, 6.07) is 0. The van der Waals surface area contributed by atoms with E-state index < -0.39 is 0 Å². The molecule has 0 aliphatic carbocycles. The predicted molar refractivity (Wildman–Crippen MR) is 48.4 cm³/mol. The van der Waals surface area contributed by atoms with Gasteiger partial charge < -0.3 is 14.2 Å². The van der Waals surface area contributed by atoms with Gasteiger partial charge in [0.2, 0.25) is 0 Å². The first-order valence-corrected chi connectivity index (χ1v) is 5.21. The summed E-state index contributed by atoms with van der Waals surface area (Å²) in [6.07, 6.45) is 2.45. The van der Waals surface area contributed by atoms with Crippen molar-refractivity contribution in [1.29, 1.82) is 0 Å². The van der Waals surface area contributed by atoms with Gasteiger partial charge in [0.05, 0.1) is 32.3 Å². The second kappa shape index (κ2) is 4.40. The molecule has 2 aliphatic rings. The minimum absolute atomic E-state index is 0.0156. The molecule has 2 aliphatic heterocycles. The van der Waals surface area contributed by atoms with E-state index in [1.807, 2.05) is 0 Å². The van der Waals surface area contributed by atoms with E-state index in [4.69, 9.17) is 14.2 Å². The number of hydrogen-bond acceptors (Lipinski definition) is 3. The summed E-state index contributed by atoms with van der Waals surface area (Å²) in [5.41, 5.74) is 0. The largest absolute Gasteiger partial charge is 0.380 e. The fourth-order valence-electron chi connectivity index (χ4n) is 1.82. The van der Waals surface area contributed by atoms with Crippen molar-refractivity contribution >= 4 is 0 Å². The second-order valence-electron chi connectivity index (χ2n) is 3.99. The number of hydrogen-bond donors (Lipinski definition) is 0. The van der Waals surface area contributed by atoms with Crippen molar-refractivity contribution in [3.63, 3.8) is 0 Å². The SMILES string of the molecule is CCCC1COC(C2COC2)OC1. The van der Waals surface area contributed by atoms with Crippen LogP contribution in [0, 0.1) is 11.8 Å². The third kappa shape index (κ3) is 2.22. The average Bonchev–Trinajstić information content (AvgIpc) is 2.06. The first-order chi connectivity index (χ1) is 6.40. The van der Waals surface area contributed by atoms with Crippen LogP contribution < -0.4 is 0 Å². The first kappa shape index (κ1) is 9.44. The zero-order chi connectivity index (χ0) is 9.10. The summed E-state index contributed by atoms with van der Waals surface area (Å²) in [5.74, 6) is 1.10. The topological polar surface area (TPSA) is 27.7 Å². The molecule has 0 radical (unpaired) electrons. The third-order valence-electron chi connectivity index (χ3n) is 2.74. The van der Waals surface area contributed by atoms with Crippen LogP contribution in [0.3, 0.4) is 0 Å². The summed E-state index contributed by atoms with van der Waals surface area (Å²) in [6.45, 7) is 5.56. The van der Waals surface area contributed by atoms with Crippen LogP contribution in [0.2, 0.25) is 0 Å². The molecule has 0 aromatic heterocycles. The van der Waals surface area contributed by atoms with Crippen molar-refractivity contribution in [2.24, 2.45) is 11.8 Å². The highest BCUT2D eigenvalue weighted by Crippen LogP contribution is 2.24. The van der Waals surface area contributed by atoms with Crippen molar-refractivity contribution in [3.8, 4) is 0 Å². The van der Waals surface area contributed by atoms with Gasteiger partial charge in [-0.15, -0.1) is 0 Å². The zero-order valence-corrected chi connectivity index (χ0v) is 8.20. The molecule has 0 N–H and O–H groups in total. The molecule has 3 heteroatoms. The van der Waals surface area contributed by atoms with Crippen LogP contribution in [-0.4, -0.2) is 32.7 Å². The monoisotopic (exact) mass is 186 g/mol. The zero-order valence-electron chi connectivity index (χ0n) is 8.20. The lowest BCUT2D eigenvalue weighted by atomic mass is 10.0. The summed E-state index contributed by atoms with van der Waals surface area (Å²) in [4.78, 5) is 0. The Bertz CT molecular complexity index is 148. The van der Waals surface area contributed by atoms with Gasteiger partial charge in [-0.25, -0.2) is 0 Å². The van der Waals surface area contributed by atoms with E-state index in [-0.39, 0.29) is 6.29 Å². The van der Waals surface area contributed by atoms with Gasteiger partial charge in [-0.05, 0) is 6.42 Å². The van der Waals surface area contributed by atoms with Gasteiger partial charge in [-0.3, -0.25) is 0 Å². The van der Waals surface area contributed by atoms with E-state index in [2.05, 4.69) is 6.92 Å². The predicted octanol–water partition coefficient (Wildman–Crippen LogP) is 1.42. The molecule has 2 rings (SSSR count). The molecule has 2 fully saturated rings. The number of ether oxygens (including phenoxy) is 3. The number of rotatable bonds is 3. The molecule has 76 valence electrons. The Labute approximate surface area is 79.4 Å². The Morgan fingerprint density at radius 1 is 1.08 bits per heavy atom. The first-order valence-electron chi connectivity index (χ1n) is 5.21. The van der Waals surface area contributed by atoms with E-state index in [9.17, 15) is 0 Å². The van der Waals surface area contributed by atoms with E-state index in [0.717, 1.165) is 26.4 Å². The maximum atomic E-state index is 5.64. The Morgan fingerprint density at radius 2 is 1.77 bits per heavy atom. The molecule has 3 nitrogen and oxygen atoms in total. The standard InChI is InChI=1S/C10H18O3/c1-2-3-8-4-12-10(13-5-8)9-6-11-7-9/h8-10H,2-7H2,1H3. The van der Waals surface area contributed by atoms with Gasteiger partial charge in [0.1, 0.15) is 0 Å². The van der Waals surface area contributed by atoms with E-state index in [0.29, 0.717) is 11.8 Å². The van der Waals surface area contributed by atoms with Crippen LogP contribution in [-0.2, 0) is 14.2 Å². The molecule has 0 aromatic rings. The quantitative estimate of drug-likeness (QED) is 0.667. The molecule has 0 amide bonds. The minimum Gasteiger partial charge on any atom is -0.380 e. The summed E-state index contributed by atoms with van der Waals surface area (Å²) in [7, 11) is 0. The van der Waals surface area contributed by atoms with Gasteiger partial charge in [0.15, 0.2) is 6.29 Å². The van der Waals surface area contributed by atoms with Crippen molar-refractivity contribution in [3.05, 3.63) is 0 Å². The molecule has 0 spiro atoms. The Morgan fingerprint density at radius 3 is 2.23 bits per heavy atom. The highest BCUT2D eigenvalue weighted by Gasteiger charge is 2.33. The third-order valence-corrected chi connectivity index (χ3v) is 2.74. The van der Waals surface area contributed by atoms with Crippen molar-refractivity contribution < 1.29 is 14.2 Å². The molecule has 0 saturated carbocycles. The lowest BCUT2D eigenvalue weighted by molar-refractivity contribution is -0.262. The van der Waals surface area contributed by atoms with Crippen LogP contribution in [0.25, 0.3) is 0 Å². The highest BCUT2D eigenvalue weighted by molar-refractivity contribution is 4.73. The lowest BCUT2D eigenvalue weighted by Crippen LogP contribution is -2.45. The van der Waals surface area contributed by atoms with Crippen LogP contribution in [0.4, 0.5) is 0 Å². The lowest BCUT2D eigenvalue weighted by Gasteiger charge is -2.37. The van der Waals surface area contributed by atoms with Gasteiger partial charge in [-0.1, -0.05) is 13.3 Å². The fourth-order valence-corrected chi connectivity index (χ4v) is 1.82. The molecule has 13 heavy (non-hydrogen) atoms. The average molecular weight is 186 g/mol. The molecule has 2 heterocycles. The van der Waals surface area contributed by atoms with Gasteiger partial charge >= 0.3 is 0 Å². The Hall–Kier alpha value is -0.120. The normalized spacial score (nSPS) is 35.8. The Kier molecular flexibility index (Phi) is 3.19. The van der Waals surface area contributed by atoms with E-state index in [1.165, 1.54) is 12.8 Å². The molecular weight excluding hydrogens is 168 g/mol. The van der Waals surface area contributed by atoms with Crippen LogP contribution in [0.5, 0.6) is 0 Å². The van der Waals surface area contributed by atoms with Crippen molar-refractivity contribution in [1.82, 2.24) is 0 Å². The smallest absolute Gasteiger partial charge is 0.164 e. The molecule has 2 saturated heterocycles. The maximum Gasteiger partial charge on any atom is 0.164 e. The molecule has 0 bridgehead atoms. The van der Waals surface area contributed by atoms with Crippen LogP contribution in [0.1, 0.15) is 19.8 Å². The van der Waals surface area contributed by atoms with Gasteiger partial charge in [0, 0.05) is 5.92 Å². The summed E-state index contributed by atoms with van der Waals surface area (Å²) in [5, 5.41) is 0. The molecular formula is C10H18O3. The minimum atomic E-state index is 0.0156. The van der Waals surface area contributed by atoms with Crippen LogP contribution in [0.15, 0.2) is 0 Å².